The molecule has 2 aromatic carbocycles. The minimum Gasteiger partial charge on any atom is -0.337 e. The number of benzene rings is 2. The first-order chi connectivity index (χ1) is 10.7. The molecule has 1 heterocycles. The number of hydrogen-bond donors (Lipinski definition) is 0. The summed E-state index contributed by atoms with van der Waals surface area (Å²) in [4.78, 5) is 4.12. The third-order valence-electron chi connectivity index (χ3n) is 3.41. The molecule has 0 saturated carbocycles. The van der Waals surface area contributed by atoms with Crippen LogP contribution in [0.15, 0.2) is 67.3 Å². The van der Waals surface area contributed by atoms with Crippen LogP contribution in [0.25, 0.3) is 0 Å². The fourth-order valence-corrected chi connectivity index (χ4v) is 4.48. The Bertz CT molecular complexity index is 730. The topological polar surface area (TPSA) is 17.8 Å². The summed E-state index contributed by atoms with van der Waals surface area (Å²) in [6.07, 6.45) is 5.62. The summed E-state index contributed by atoms with van der Waals surface area (Å²) in [6.45, 7) is 0.842. The van der Waals surface area contributed by atoms with E-state index in [4.69, 9.17) is 23.2 Å². The van der Waals surface area contributed by atoms with Gasteiger partial charge >= 0.3 is 0 Å². The minimum absolute atomic E-state index is 0.293. The van der Waals surface area contributed by atoms with Gasteiger partial charge in [-0.3, -0.25) is 0 Å². The van der Waals surface area contributed by atoms with Crippen molar-refractivity contribution in [1.29, 1.82) is 0 Å². The predicted molar refractivity (Wildman–Crippen MR) is 93.3 cm³/mol. The number of rotatable bonds is 5. The third-order valence-corrected chi connectivity index (χ3v) is 5.48. The van der Waals surface area contributed by atoms with Crippen molar-refractivity contribution in [2.75, 3.05) is 0 Å². The Kier molecular flexibility index (Phi) is 4.98. The molecule has 2 radical (unpaired) electrons. The van der Waals surface area contributed by atoms with Crippen molar-refractivity contribution in [2.45, 2.75) is 12.1 Å². The van der Waals surface area contributed by atoms with Gasteiger partial charge in [-0.05, 0) is 23.2 Å². The standard InChI is InChI=1S/C17H14Cl2N2Si/c18-13-6-7-15(16(19)10-13)17(11-21-9-8-20-12-21)22-14-4-2-1-3-5-14/h1-10,12,17H,11H2. The molecule has 1 aromatic heterocycles. The normalized spacial score (nSPS) is 12.3. The lowest BCUT2D eigenvalue weighted by Crippen LogP contribution is -2.25. The summed E-state index contributed by atoms with van der Waals surface area (Å²) in [7, 11) is 0.628. The van der Waals surface area contributed by atoms with Gasteiger partial charge in [-0.1, -0.05) is 64.8 Å². The van der Waals surface area contributed by atoms with Crippen molar-refractivity contribution < 1.29 is 0 Å². The average molecular weight is 345 g/mol. The van der Waals surface area contributed by atoms with Crippen LogP contribution >= 0.6 is 23.2 Å². The van der Waals surface area contributed by atoms with Crippen LogP contribution in [0.2, 0.25) is 10.0 Å². The van der Waals surface area contributed by atoms with Gasteiger partial charge in [0.1, 0.15) is 0 Å². The van der Waals surface area contributed by atoms with Gasteiger partial charge in [0.15, 0.2) is 0 Å². The highest BCUT2D eigenvalue weighted by molar-refractivity contribution is 6.55. The maximum absolute atomic E-state index is 6.43. The van der Waals surface area contributed by atoms with Gasteiger partial charge in [0, 0.05) is 29.0 Å². The van der Waals surface area contributed by atoms with Gasteiger partial charge in [-0.2, -0.15) is 0 Å². The Balaban J connectivity index is 1.91. The Labute approximate surface area is 142 Å². The lowest BCUT2D eigenvalue weighted by Gasteiger charge is -2.19. The van der Waals surface area contributed by atoms with E-state index in [9.17, 15) is 0 Å². The van der Waals surface area contributed by atoms with Crippen LogP contribution in [0.5, 0.6) is 0 Å². The number of halogens is 2. The van der Waals surface area contributed by atoms with Gasteiger partial charge in [0.2, 0.25) is 0 Å². The average Bonchev–Trinajstić information content (AvgIpc) is 3.01. The molecule has 22 heavy (non-hydrogen) atoms. The molecule has 0 bridgehead atoms. The summed E-state index contributed by atoms with van der Waals surface area (Å²) in [5, 5.41) is 2.71. The molecule has 1 atom stereocenters. The van der Waals surface area contributed by atoms with E-state index in [1.165, 1.54) is 5.19 Å². The summed E-state index contributed by atoms with van der Waals surface area (Å²) in [6, 6.07) is 16.2. The summed E-state index contributed by atoms with van der Waals surface area (Å²) < 4.78 is 2.09. The van der Waals surface area contributed by atoms with Gasteiger partial charge < -0.3 is 4.57 Å². The van der Waals surface area contributed by atoms with E-state index in [1.54, 1.807) is 6.20 Å². The van der Waals surface area contributed by atoms with Crippen LogP contribution in [0.4, 0.5) is 0 Å². The molecule has 0 aliphatic carbocycles. The molecule has 0 N–H and O–H groups in total. The van der Waals surface area contributed by atoms with E-state index in [-0.39, 0.29) is 0 Å². The van der Waals surface area contributed by atoms with Crippen molar-refractivity contribution >= 4 is 37.9 Å². The van der Waals surface area contributed by atoms with E-state index in [1.807, 2.05) is 36.8 Å². The highest BCUT2D eigenvalue weighted by Gasteiger charge is 2.17. The zero-order valence-corrected chi connectivity index (χ0v) is 14.3. The van der Waals surface area contributed by atoms with Crippen LogP contribution in [-0.2, 0) is 6.54 Å². The highest BCUT2D eigenvalue weighted by Crippen LogP contribution is 2.28. The van der Waals surface area contributed by atoms with Crippen LogP contribution in [0.1, 0.15) is 11.1 Å². The number of aromatic nitrogens is 2. The van der Waals surface area contributed by atoms with Crippen molar-refractivity contribution in [3.8, 4) is 0 Å². The Morgan fingerprint density at radius 3 is 2.59 bits per heavy atom. The van der Waals surface area contributed by atoms with Crippen molar-refractivity contribution in [3.63, 3.8) is 0 Å². The zero-order chi connectivity index (χ0) is 15.4. The molecule has 0 spiro atoms. The third kappa shape index (κ3) is 3.80. The lowest BCUT2D eigenvalue weighted by atomic mass is 10.1. The van der Waals surface area contributed by atoms with Crippen LogP contribution < -0.4 is 5.19 Å². The second-order valence-electron chi connectivity index (χ2n) is 4.99. The van der Waals surface area contributed by atoms with E-state index in [2.05, 4.69) is 33.8 Å². The Morgan fingerprint density at radius 2 is 1.91 bits per heavy atom. The fraction of sp³-hybridized carbons (Fsp3) is 0.118. The SMILES string of the molecule is Clc1ccc(C(Cn2ccnc2)[Si]c2ccccc2)c(Cl)c1. The summed E-state index contributed by atoms with van der Waals surface area (Å²) in [5.41, 5.74) is 1.42. The largest absolute Gasteiger partial charge is 0.337 e. The molecule has 3 rings (SSSR count). The van der Waals surface area contributed by atoms with E-state index >= 15 is 0 Å². The van der Waals surface area contributed by atoms with Crippen molar-refractivity contribution in [2.24, 2.45) is 0 Å². The number of imidazole rings is 1. The molecule has 0 fully saturated rings. The zero-order valence-electron chi connectivity index (χ0n) is 11.8. The first-order valence-corrected chi connectivity index (χ1v) is 8.78. The van der Waals surface area contributed by atoms with E-state index < -0.39 is 0 Å². The summed E-state index contributed by atoms with van der Waals surface area (Å²) >= 11 is 12.5. The summed E-state index contributed by atoms with van der Waals surface area (Å²) in [5.74, 6) is 0. The molecule has 5 heteroatoms. The second kappa shape index (κ2) is 7.14. The maximum atomic E-state index is 6.43. The van der Waals surface area contributed by atoms with Gasteiger partial charge in [-0.25, -0.2) is 4.98 Å². The molecule has 0 saturated heterocycles. The molecule has 0 aliphatic heterocycles. The Morgan fingerprint density at radius 1 is 1.09 bits per heavy atom. The van der Waals surface area contributed by atoms with Crippen molar-refractivity contribution in [1.82, 2.24) is 9.55 Å². The minimum atomic E-state index is 0.293. The van der Waals surface area contributed by atoms with Gasteiger partial charge in [0.05, 0.1) is 15.8 Å². The molecule has 110 valence electrons. The van der Waals surface area contributed by atoms with Crippen LogP contribution in [0.3, 0.4) is 0 Å². The maximum Gasteiger partial charge on any atom is 0.0945 e. The first-order valence-electron chi connectivity index (χ1n) is 6.94. The van der Waals surface area contributed by atoms with E-state index in [0.29, 0.717) is 20.1 Å². The molecular weight excluding hydrogens is 331 g/mol. The molecular formula is C17H14Cl2N2Si. The van der Waals surface area contributed by atoms with Crippen LogP contribution in [-0.4, -0.2) is 19.1 Å². The van der Waals surface area contributed by atoms with Crippen molar-refractivity contribution in [3.05, 3.63) is 82.9 Å². The van der Waals surface area contributed by atoms with Gasteiger partial charge in [0.25, 0.3) is 0 Å². The van der Waals surface area contributed by atoms with Gasteiger partial charge in [-0.15, -0.1) is 0 Å². The quantitative estimate of drug-likeness (QED) is 0.640. The number of nitrogens with zero attached hydrogens (tertiary/aromatic N) is 2. The monoisotopic (exact) mass is 344 g/mol. The molecule has 0 amide bonds. The second-order valence-corrected chi connectivity index (χ2v) is 7.39. The van der Waals surface area contributed by atoms with Crippen LogP contribution in [0, 0.1) is 0 Å². The molecule has 3 aromatic rings. The Hall–Kier alpha value is -1.55. The molecule has 2 nitrogen and oxygen atoms in total. The highest BCUT2D eigenvalue weighted by atomic mass is 35.5. The fourth-order valence-electron chi connectivity index (χ4n) is 2.35. The lowest BCUT2D eigenvalue weighted by molar-refractivity contribution is 0.673. The van der Waals surface area contributed by atoms with E-state index in [0.717, 1.165) is 17.1 Å². The molecule has 1 unspecified atom stereocenters. The smallest absolute Gasteiger partial charge is 0.0945 e. The molecule has 0 aliphatic rings. The first kappa shape index (κ1) is 15.3. The number of hydrogen-bond acceptors (Lipinski definition) is 1. The predicted octanol–water partition coefficient (Wildman–Crippen LogP) is 3.96.